The highest BCUT2D eigenvalue weighted by molar-refractivity contribution is 8.04. The number of thioether (sulfide) groups is 1. The lowest BCUT2D eigenvalue weighted by Crippen LogP contribution is -1.98. The molecule has 0 aliphatic rings. The second-order valence-electron chi connectivity index (χ2n) is 5.47. The molecule has 1 aromatic heterocycles. The molecule has 6 nitrogen and oxygen atoms in total. The number of fused-ring (bicyclic) bond motifs is 1. The Bertz CT molecular complexity index is 966. The van der Waals surface area contributed by atoms with Gasteiger partial charge in [0.15, 0.2) is 0 Å². The lowest BCUT2D eigenvalue weighted by Gasteiger charge is -2.10. The summed E-state index contributed by atoms with van der Waals surface area (Å²) in [6.45, 7) is 4.46. The minimum Gasteiger partial charge on any atom is -0.493 e. The number of aromatic nitrogens is 3. The van der Waals surface area contributed by atoms with E-state index in [0.29, 0.717) is 18.2 Å². The lowest BCUT2D eigenvalue weighted by molar-refractivity contribution is -0.131. The van der Waals surface area contributed by atoms with Crippen LogP contribution in [-0.4, -0.2) is 32.9 Å². The topological polar surface area (TPSA) is 88.1 Å². The number of hydrogen-bond donors (Lipinski definition) is 2. The van der Waals surface area contributed by atoms with Gasteiger partial charge in [0, 0.05) is 11.8 Å². The van der Waals surface area contributed by atoms with E-state index < -0.39 is 5.97 Å². The molecule has 0 unspecified atom stereocenters. The number of nitrogens with one attached hydrogen (secondary N) is 1. The van der Waals surface area contributed by atoms with Crippen molar-refractivity contribution in [2.75, 3.05) is 6.61 Å². The van der Waals surface area contributed by atoms with Gasteiger partial charge in [-0.1, -0.05) is 37.3 Å². The van der Waals surface area contributed by atoms with Gasteiger partial charge in [0.2, 0.25) is 5.16 Å². The van der Waals surface area contributed by atoms with E-state index in [1.165, 1.54) is 0 Å². The summed E-state index contributed by atoms with van der Waals surface area (Å²) in [5.74, 6) is 0.492. The smallest absolute Gasteiger partial charge is 0.342 e. The minimum atomic E-state index is -1.02. The van der Waals surface area contributed by atoms with Crippen molar-refractivity contribution in [1.29, 1.82) is 0 Å². The van der Waals surface area contributed by atoms with Gasteiger partial charge in [-0.3, -0.25) is 5.10 Å². The van der Waals surface area contributed by atoms with Crippen LogP contribution in [0.1, 0.15) is 25.2 Å². The first-order valence-corrected chi connectivity index (χ1v) is 9.12. The molecule has 1 heterocycles. The Morgan fingerprint density at radius 3 is 2.65 bits per heavy atom. The SMILES string of the molecule is CCOc1ccc(/C=C(/Sc2n[nH]c(CC)n2)C(=O)O)c2ccccc12. The minimum absolute atomic E-state index is 0.154. The molecule has 0 atom stereocenters. The molecule has 0 aliphatic heterocycles. The fourth-order valence-corrected chi connectivity index (χ4v) is 3.27. The number of carboxylic acids is 1. The molecule has 26 heavy (non-hydrogen) atoms. The summed E-state index contributed by atoms with van der Waals surface area (Å²) in [5, 5.41) is 18.7. The molecule has 2 aromatic carbocycles. The molecule has 0 amide bonds. The fourth-order valence-electron chi connectivity index (χ4n) is 2.56. The van der Waals surface area contributed by atoms with E-state index in [0.717, 1.165) is 39.7 Å². The van der Waals surface area contributed by atoms with Crippen LogP contribution in [0.4, 0.5) is 0 Å². The normalized spacial score (nSPS) is 11.7. The molecule has 3 rings (SSSR count). The third-order valence-electron chi connectivity index (χ3n) is 3.76. The third-order valence-corrected chi connectivity index (χ3v) is 4.64. The number of aliphatic carboxylic acids is 1. The zero-order chi connectivity index (χ0) is 18.5. The van der Waals surface area contributed by atoms with Gasteiger partial charge in [0.1, 0.15) is 16.5 Å². The van der Waals surface area contributed by atoms with Crippen LogP contribution >= 0.6 is 11.8 Å². The van der Waals surface area contributed by atoms with E-state index in [2.05, 4.69) is 15.2 Å². The molecule has 3 aromatic rings. The van der Waals surface area contributed by atoms with Crippen LogP contribution in [0.2, 0.25) is 0 Å². The van der Waals surface area contributed by atoms with Crippen molar-refractivity contribution in [2.24, 2.45) is 0 Å². The van der Waals surface area contributed by atoms with Crippen molar-refractivity contribution in [1.82, 2.24) is 15.2 Å². The van der Waals surface area contributed by atoms with Gasteiger partial charge in [-0.2, -0.15) is 0 Å². The van der Waals surface area contributed by atoms with Crippen molar-refractivity contribution in [3.8, 4) is 5.75 Å². The number of benzene rings is 2. The molecule has 7 heteroatoms. The van der Waals surface area contributed by atoms with E-state index in [1.54, 1.807) is 6.08 Å². The van der Waals surface area contributed by atoms with Crippen LogP contribution in [0, 0.1) is 0 Å². The molecule has 0 fully saturated rings. The number of carbonyl (C=O) groups is 1. The van der Waals surface area contributed by atoms with Crippen LogP contribution < -0.4 is 4.74 Å². The summed E-state index contributed by atoms with van der Waals surface area (Å²) < 4.78 is 5.67. The van der Waals surface area contributed by atoms with Crippen LogP contribution in [0.5, 0.6) is 5.75 Å². The molecular formula is C19H19N3O3S. The van der Waals surface area contributed by atoms with Gasteiger partial charge in [0.05, 0.1) is 6.61 Å². The van der Waals surface area contributed by atoms with Crippen LogP contribution in [0.15, 0.2) is 46.5 Å². The molecule has 0 saturated carbocycles. The second-order valence-corrected chi connectivity index (χ2v) is 6.47. The molecule has 0 saturated heterocycles. The Hall–Kier alpha value is -2.80. The Morgan fingerprint density at radius 2 is 2.00 bits per heavy atom. The molecule has 134 valence electrons. The Balaban J connectivity index is 2.02. The zero-order valence-electron chi connectivity index (χ0n) is 14.5. The summed E-state index contributed by atoms with van der Waals surface area (Å²) in [4.78, 5) is 16.1. The van der Waals surface area contributed by atoms with E-state index in [9.17, 15) is 9.90 Å². The average molecular weight is 369 g/mol. The van der Waals surface area contributed by atoms with Crippen LogP contribution in [0.3, 0.4) is 0 Å². The standard InChI is InChI=1S/C19H19N3O3S/c1-3-17-20-19(22-21-17)26-16(18(23)24)11-12-9-10-15(25-4-2)14-8-6-5-7-13(12)14/h5-11H,3-4H2,1-2H3,(H,23,24)(H,20,21,22)/b16-11+. The first-order valence-electron chi connectivity index (χ1n) is 8.31. The summed E-state index contributed by atoms with van der Waals surface area (Å²) in [6, 6.07) is 11.5. The maximum atomic E-state index is 11.7. The van der Waals surface area contributed by atoms with Gasteiger partial charge in [-0.05, 0) is 41.8 Å². The van der Waals surface area contributed by atoms with Crippen molar-refractivity contribution in [3.63, 3.8) is 0 Å². The molecule has 0 spiro atoms. The van der Waals surface area contributed by atoms with E-state index >= 15 is 0 Å². The van der Waals surface area contributed by atoms with Gasteiger partial charge in [-0.25, -0.2) is 9.78 Å². The predicted octanol–water partition coefficient (Wildman–Crippen LogP) is 4.14. The fraction of sp³-hybridized carbons (Fsp3) is 0.211. The van der Waals surface area contributed by atoms with E-state index in [1.807, 2.05) is 50.2 Å². The summed E-state index contributed by atoms with van der Waals surface area (Å²) >= 11 is 1.03. The first-order chi connectivity index (χ1) is 12.6. The number of H-pyrrole nitrogens is 1. The highest BCUT2D eigenvalue weighted by Crippen LogP contribution is 2.32. The molecule has 0 bridgehead atoms. The largest absolute Gasteiger partial charge is 0.493 e. The Labute approximate surface area is 155 Å². The van der Waals surface area contributed by atoms with Crippen molar-refractivity contribution >= 4 is 34.6 Å². The average Bonchev–Trinajstić information content (AvgIpc) is 3.11. The number of ether oxygens (including phenoxy) is 1. The van der Waals surface area contributed by atoms with E-state index in [4.69, 9.17) is 4.74 Å². The number of hydrogen-bond acceptors (Lipinski definition) is 5. The maximum absolute atomic E-state index is 11.7. The Morgan fingerprint density at radius 1 is 1.23 bits per heavy atom. The first kappa shape index (κ1) is 18.0. The van der Waals surface area contributed by atoms with Gasteiger partial charge >= 0.3 is 5.97 Å². The number of rotatable bonds is 7. The monoisotopic (exact) mass is 369 g/mol. The van der Waals surface area contributed by atoms with Crippen LogP contribution in [0.25, 0.3) is 16.8 Å². The highest BCUT2D eigenvalue weighted by atomic mass is 32.2. The zero-order valence-corrected chi connectivity index (χ0v) is 15.3. The lowest BCUT2D eigenvalue weighted by atomic mass is 10.0. The molecule has 0 aliphatic carbocycles. The van der Waals surface area contributed by atoms with Crippen LogP contribution in [-0.2, 0) is 11.2 Å². The van der Waals surface area contributed by atoms with E-state index in [-0.39, 0.29) is 4.91 Å². The number of nitrogens with zero attached hydrogens (tertiary/aromatic N) is 2. The Kier molecular flexibility index (Phi) is 5.58. The van der Waals surface area contributed by atoms with Gasteiger partial charge in [-0.15, -0.1) is 5.10 Å². The number of carboxylic acid groups (broad SMARTS) is 1. The van der Waals surface area contributed by atoms with Crippen molar-refractivity contribution in [2.45, 2.75) is 25.4 Å². The molecular weight excluding hydrogens is 350 g/mol. The van der Waals surface area contributed by atoms with Gasteiger partial charge in [0.25, 0.3) is 0 Å². The summed E-state index contributed by atoms with van der Waals surface area (Å²) in [5.41, 5.74) is 0.806. The summed E-state index contributed by atoms with van der Waals surface area (Å²) in [7, 11) is 0. The second kappa shape index (κ2) is 8.05. The highest BCUT2D eigenvalue weighted by Gasteiger charge is 2.15. The molecule has 2 N–H and O–H groups in total. The maximum Gasteiger partial charge on any atom is 0.342 e. The predicted molar refractivity (Wildman–Crippen MR) is 102 cm³/mol. The molecule has 0 radical (unpaired) electrons. The quantitative estimate of drug-likeness (QED) is 0.481. The third kappa shape index (κ3) is 3.88. The van der Waals surface area contributed by atoms with Gasteiger partial charge < -0.3 is 9.84 Å². The summed E-state index contributed by atoms with van der Waals surface area (Å²) in [6.07, 6.45) is 2.36. The number of aryl methyl sites for hydroxylation is 1. The van der Waals surface area contributed by atoms with Crippen molar-refractivity contribution in [3.05, 3.63) is 52.7 Å². The number of aromatic amines is 1. The van der Waals surface area contributed by atoms with Crippen molar-refractivity contribution < 1.29 is 14.6 Å².